The molecule has 1 amide bonds. The van der Waals surface area contributed by atoms with Crippen LogP contribution in [0.25, 0.3) is 5.69 Å². The Morgan fingerprint density at radius 3 is 2.82 bits per heavy atom. The Hall–Kier alpha value is -2.17. The summed E-state index contributed by atoms with van der Waals surface area (Å²) in [4.78, 5) is 13.4. The fourth-order valence-electron chi connectivity index (χ4n) is 1.94. The summed E-state index contributed by atoms with van der Waals surface area (Å²) >= 11 is 0. The molecule has 1 aromatic heterocycles. The van der Waals surface area contributed by atoms with Crippen molar-refractivity contribution >= 4 is 11.6 Å². The number of benzene rings is 1. The molecule has 0 N–H and O–H groups in total. The van der Waals surface area contributed by atoms with Crippen LogP contribution in [0.4, 0.5) is 5.69 Å². The summed E-state index contributed by atoms with van der Waals surface area (Å²) in [7, 11) is 0. The summed E-state index contributed by atoms with van der Waals surface area (Å²) in [6.07, 6.45) is 5.92. The Bertz CT molecular complexity index is 535. The van der Waals surface area contributed by atoms with Crippen LogP contribution in [0.15, 0.2) is 36.7 Å². The smallest absolute Gasteiger partial charge is 0.230 e. The van der Waals surface area contributed by atoms with Gasteiger partial charge in [-0.3, -0.25) is 4.79 Å². The molecule has 5 heteroatoms. The third-order valence-corrected chi connectivity index (χ3v) is 2.77. The Labute approximate surface area is 98.7 Å². The summed E-state index contributed by atoms with van der Waals surface area (Å²) in [6.45, 7) is 0.750. The van der Waals surface area contributed by atoms with E-state index in [9.17, 15) is 4.79 Å². The van der Waals surface area contributed by atoms with Gasteiger partial charge in [-0.2, -0.15) is 0 Å². The average molecular weight is 227 g/mol. The molecule has 0 spiro atoms. The van der Waals surface area contributed by atoms with E-state index in [0.29, 0.717) is 0 Å². The van der Waals surface area contributed by atoms with Crippen molar-refractivity contribution in [2.75, 3.05) is 11.4 Å². The van der Waals surface area contributed by atoms with Crippen LogP contribution < -0.4 is 4.90 Å². The molecule has 1 aromatic carbocycles. The second kappa shape index (κ2) is 4.01. The Balaban J connectivity index is 1.97. The molecule has 0 bridgehead atoms. The van der Waals surface area contributed by atoms with E-state index in [1.165, 1.54) is 0 Å². The molecule has 3 rings (SSSR count). The fourth-order valence-corrected chi connectivity index (χ4v) is 1.94. The zero-order valence-electron chi connectivity index (χ0n) is 9.15. The van der Waals surface area contributed by atoms with E-state index in [0.717, 1.165) is 24.3 Å². The Kier molecular flexibility index (Phi) is 2.36. The van der Waals surface area contributed by atoms with Crippen LogP contribution in [0.2, 0.25) is 0 Å². The van der Waals surface area contributed by atoms with E-state index in [-0.39, 0.29) is 5.91 Å². The summed E-state index contributed by atoms with van der Waals surface area (Å²) < 4.78 is 1.67. The van der Waals surface area contributed by atoms with E-state index >= 15 is 0 Å². The number of rotatable bonds is 2. The maximum absolute atomic E-state index is 11.6. The van der Waals surface area contributed by atoms with Crippen LogP contribution in [-0.2, 0) is 4.79 Å². The second-order valence-corrected chi connectivity index (χ2v) is 3.85. The predicted molar refractivity (Wildman–Crippen MR) is 62.6 cm³/mol. The number of aromatic nitrogens is 3. The first kappa shape index (κ1) is 10.0. The highest BCUT2D eigenvalue weighted by atomic mass is 16.2. The number of amides is 1. The van der Waals surface area contributed by atoms with Crippen LogP contribution in [0, 0.1) is 6.42 Å². The van der Waals surface area contributed by atoms with Crippen molar-refractivity contribution in [2.24, 2.45) is 0 Å². The number of carbonyl (C=O) groups excluding carboxylic acids is 1. The molecule has 1 saturated heterocycles. The highest BCUT2D eigenvalue weighted by Crippen LogP contribution is 2.22. The first-order valence-electron chi connectivity index (χ1n) is 5.46. The van der Waals surface area contributed by atoms with Gasteiger partial charge in [-0.25, -0.2) is 4.68 Å². The summed E-state index contributed by atoms with van der Waals surface area (Å²) in [5, 5.41) is 7.70. The molecule has 1 aliphatic rings. The molecule has 1 radical (unpaired) electrons. The lowest BCUT2D eigenvalue weighted by molar-refractivity contribution is -0.114. The number of hydrogen-bond donors (Lipinski definition) is 0. The van der Waals surface area contributed by atoms with E-state index < -0.39 is 0 Å². The fraction of sp³-hybridized carbons (Fsp3) is 0.167. The number of carbonyl (C=O) groups is 1. The quantitative estimate of drug-likeness (QED) is 0.774. The standard InChI is InChI=1S/C12H11N4O/c17-12-5-2-7-15(12)10-3-1-4-11(9-10)16-8-6-13-14-16/h1,3-6,8-9H,2,7H2. The van der Waals surface area contributed by atoms with Crippen LogP contribution in [0.1, 0.15) is 6.42 Å². The van der Waals surface area contributed by atoms with E-state index in [1.807, 2.05) is 24.3 Å². The summed E-state index contributed by atoms with van der Waals surface area (Å²) in [5.41, 5.74) is 1.80. The topological polar surface area (TPSA) is 51.0 Å². The molecule has 0 saturated carbocycles. The second-order valence-electron chi connectivity index (χ2n) is 3.85. The summed E-state index contributed by atoms with van der Waals surface area (Å²) in [5.74, 6) is 0.0701. The van der Waals surface area contributed by atoms with Crippen molar-refractivity contribution in [3.05, 3.63) is 43.1 Å². The lowest BCUT2D eigenvalue weighted by atomic mass is 10.2. The molecule has 0 aliphatic carbocycles. The number of nitrogens with zero attached hydrogens (tertiary/aromatic N) is 4. The van der Waals surface area contributed by atoms with Crippen molar-refractivity contribution in [1.29, 1.82) is 0 Å². The maximum atomic E-state index is 11.6. The minimum atomic E-state index is 0.0701. The third-order valence-electron chi connectivity index (χ3n) is 2.77. The SMILES string of the molecule is O=C1[CH]CCN1c1cccc(-n2ccnn2)c1. The molecule has 1 fully saturated rings. The minimum absolute atomic E-state index is 0.0701. The van der Waals surface area contributed by atoms with Crippen molar-refractivity contribution in [3.8, 4) is 5.69 Å². The van der Waals surface area contributed by atoms with Gasteiger partial charge in [0.25, 0.3) is 0 Å². The molecule has 17 heavy (non-hydrogen) atoms. The molecule has 5 nitrogen and oxygen atoms in total. The number of anilines is 1. The van der Waals surface area contributed by atoms with Gasteiger partial charge in [0.1, 0.15) is 0 Å². The van der Waals surface area contributed by atoms with Gasteiger partial charge in [-0.1, -0.05) is 11.3 Å². The van der Waals surface area contributed by atoms with Gasteiger partial charge in [0.05, 0.1) is 24.5 Å². The van der Waals surface area contributed by atoms with Gasteiger partial charge in [-0.05, 0) is 24.6 Å². The van der Waals surface area contributed by atoms with Gasteiger partial charge in [0.2, 0.25) is 5.91 Å². The van der Waals surface area contributed by atoms with Crippen molar-refractivity contribution < 1.29 is 4.79 Å². The molecule has 2 heterocycles. The first-order chi connectivity index (χ1) is 8.34. The molecule has 0 atom stereocenters. The van der Waals surface area contributed by atoms with Crippen molar-refractivity contribution in [2.45, 2.75) is 6.42 Å². The zero-order chi connectivity index (χ0) is 11.7. The van der Waals surface area contributed by atoms with Crippen LogP contribution in [0.5, 0.6) is 0 Å². The van der Waals surface area contributed by atoms with Crippen LogP contribution in [-0.4, -0.2) is 27.4 Å². The van der Waals surface area contributed by atoms with Gasteiger partial charge >= 0.3 is 0 Å². The monoisotopic (exact) mass is 227 g/mol. The average Bonchev–Trinajstić information content (AvgIpc) is 2.99. The Morgan fingerprint density at radius 2 is 2.12 bits per heavy atom. The van der Waals surface area contributed by atoms with Crippen molar-refractivity contribution in [1.82, 2.24) is 15.0 Å². The molecular formula is C12H11N4O. The lowest BCUT2D eigenvalue weighted by Crippen LogP contribution is -2.23. The first-order valence-corrected chi connectivity index (χ1v) is 5.46. The molecule has 85 valence electrons. The Morgan fingerprint density at radius 1 is 1.24 bits per heavy atom. The van der Waals surface area contributed by atoms with Crippen LogP contribution in [0.3, 0.4) is 0 Å². The minimum Gasteiger partial charge on any atom is -0.312 e. The van der Waals surface area contributed by atoms with E-state index in [1.54, 1.807) is 28.4 Å². The van der Waals surface area contributed by atoms with Crippen LogP contribution >= 0.6 is 0 Å². The van der Waals surface area contributed by atoms with Gasteiger partial charge in [0.15, 0.2) is 0 Å². The highest BCUT2D eigenvalue weighted by molar-refractivity contribution is 6.01. The summed E-state index contributed by atoms with van der Waals surface area (Å²) in [6, 6.07) is 7.71. The number of hydrogen-bond acceptors (Lipinski definition) is 3. The molecular weight excluding hydrogens is 216 g/mol. The van der Waals surface area contributed by atoms with Crippen molar-refractivity contribution in [3.63, 3.8) is 0 Å². The predicted octanol–water partition coefficient (Wildman–Crippen LogP) is 1.21. The van der Waals surface area contributed by atoms with Gasteiger partial charge < -0.3 is 4.90 Å². The largest absolute Gasteiger partial charge is 0.312 e. The zero-order valence-corrected chi connectivity index (χ0v) is 9.15. The third kappa shape index (κ3) is 1.80. The van der Waals surface area contributed by atoms with E-state index in [4.69, 9.17) is 0 Å². The van der Waals surface area contributed by atoms with E-state index in [2.05, 4.69) is 10.3 Å². The van der Waals surface area contributed by atoms with Gasteiger partial charge in [0, 0.05) is 12.2 Å². The van der Waals surface area contributed by atoms with Gasteiger partial charge in [-0.15, -0.1) is 5.10 Å². The highest BCUT2D eigenvalue weighted by Gasteiger charge is 2.22. The lowest BCUT2D eigenvalue weighted by Gasteiger charge is -2.16. The molecule has 1 aliphatic heterocycles. The normalized spacial score (nSPS) is 15.5. The molecule has 0 unspecified atom stereocenters. The molecule has 2 aromatic rings. The maximum Gasteiger partial charge on any atom is 0.230 e.